The summed E-state index contributed by atoms with van der Waals surface area (Å²) >= 11 is 0. The summed E-state index contributed by atoms with van der Waals surface area (Å²) in [6, 6.07) is 9.92. The van der Waals surface area contributed by atoms with Crippen molar-refractivity contribution in [1.82, 2.24) is 10.3 Å². The maximum atomic E-state index is 12.2. The zero-order chi connectivity index (χ0) is 14.2. The first-order valence-electron chi connectivity index (χ1n) is 6.99. The molecule has 0 bridgehead atoms. The molecule has 4 nitrogen and oxygen atoms in total. The summed E-state index contributed by atoms with van der Waals surface area (Å²) < 4.78 is 0. The third-order valence-corrected chi connectivity index (χ3v) is 4.07. The maximum Gasteiger partial charge on any atom is 0.240 e. The van der Waals surface area contributed by atoms with Gasteiger partial charge in [0.25, 0.3) is 0 Å². The summed E-state index contributed by atoms with van der Waals surface area (Å²) in [5, 5.41) is 4.03. The minimum atomic E-state index is -0.752. The first-order valence-corrected chi connectivity index (χ1v) is 6.99. The number of nitrogens with two attached hydrogens (primary N) is 1. The van der Waals surface area contributed by atoms with Crippen LogP contribution in [0, 0.1) is 5.92 Å². The van der Waals surface area contributed by atoms with E-state index in [1.807, 2.05) is 37.3 Å². The molecule has 3 rings (SSSR count). The van der Waals surface area contributed by atoms with Gasteiger partial charge < -0.3 is 11.1 Å². The lowest BCUT2D eigenvalue weighted by molar-refractivity contribution is -0.126. The number of fused-ring (bicyclic) bond motifs is 1. The van der Waals surface area contributed by atoms with E-state index >= 15 is 0 Å². The van der Waals surface area contributed by atoms with E-state index in [2.05, 4.69) is 10.3 Å². The van der Waals surface area contributed by atoms with Gasteiger partial charge in [-0.15, -0.1) is 0 Å². The second-order valence-electron chi connectivity index (χ2n) is 5.73. The Labute approximate surface area is 118 Å². The molecule has 1 unspecified atom stereocenters. The summed E-state index contributed by atoms with van der Waals surface area (Å²) in [6.07, 6.45) is 3.87. The van der Waals surface area contributed by atoms with Crippen molar-refractivity contribution in [3.05, 3.63) is 42.1 Å². The summed E-state index contributed by atoms with van der Waals surface area (Å²) in [4.78, 5) is 16.6. The van der Waals surface area contributed by atoms with Gasteiger partial charge in [-0.25, -0.2) is 0 Å². The van der Waals surface area contributed by atoms with Crippen molar-refractivity contribution >= 4 is 16.8 Å². The number of para-hydroxylation sites is 1. The molecule has 1 aliphatic rings. The van der Waals surface area contributed by atoms with Gasteiger partial charge in [0.2, 0.25) is 5.91 Å². The van der Waals surface area contributed by atoms with E-state index in [1.54, 1.807) is 6.20 Å². The Kier molecular flexibility index (Phi) is 3.18. The predicted octanol–water partition coefficient (Wildman–Crippen LogP) is 1.98. The molecule has 4 heteroatoms. The first-order chi connectivity index (χ1) is 9.59. The molecule has 3 N–H and O–H groups in total. The molecule has 1 aromatic heterocycles. The molecule has 1 amide bonds. The summed E-state index contributed by atoms with van der Waals surface area (Å²) in [7, 11) is 0. The van der Waals surface area contributed by atoms with Gasteiger partial charge >= 0.3 is 0 Å². The average Bonchev–Trinajstić information content (AvgIpc) is 3.29. The van der Waals surface area contributed by atoms with Crippen molar-refractivity contribution in [2.45, 2.75) is 31.8 Å². The Morgan fingerprint density at radius 2 is 2.15 bits per heavy atom. The van der Waals surface area contributed by atoms with Crippen LogP contribution in [-0.2, 0) is 11.3 Å². The molecule has 1 aromatic carbocycles. The number of aromatic nitrogens is 1. The molecule has 0 radical (unpaired) electrons. The molecule has 104 valence electrons. The molecule has 1 aliphatic carbocycles. The number of hydrogen-bond donors (Lipinski definition) is 2. The number of carbonyl (C=O) groups is 1. The fraction of sp³-hybridized carbons (Fsp3) is 0.375. The molecule has 0 saturated heterocycles. The largest absolute Gasteiger partial charge is 0.350 e. The SMILES string of the molecule is CC(N)(C(=O)NCc1cccc2cccnc12)C1CC1. The minimum absolute atomic E-state index is 0.0760. The number of amides is 1. The molecule has 1 heterocycles. The zero-order valence-electron chi connectivity index (χ0n) is 11.6. The van der Waals surface area contributed by atoms with E-state index in [0.29, 0.717) is 12.5 Å². The monoisotopic (exact) mass is 269 g/mol. The quantitative estimate of drug-likeness (QED) is 0.891. The molecular weight excluding hydrogens is 250 g/mol. The van der Waals surface area contributed by atoms with E-state index < -0.39 is 5.54 Å². The molecule has 1 atom stereocenters. The minimum Gasteiger partial charge on any atom is -0.350 e. The van der Waals surface area contributed by atoms with E-state index in [1.165, 1.54) is 0 Å². The van der Waals surface area contributed by atoms with E-state index in [4.69, 9.17) is 5.73 Å². The highest BCUT2D eigenvalue weighted by Gasteiger charge is 2.43. The van der Waals surface area contributed by atoms with Crippen molar-refractivity contribution in [1.29, 1.82) is 0 Å². The topological polar surface area (TPSA) is 68.0 Å². The van der Waals surface area contributed by atoms with Gasteiger partial charge in [-0.3, -0.25) is 9.78 Å². The third-order valence-electron chi connectivity index (χ3n) is 4.07. The molecule has 20 heavy (non-hydrogen) atoms. The summed E-state index contributed by atoms with van der Waals surface area (Å²) in [5.74, 6) is 0.251. The van der Waals surface area contributed by atoms with Gasteiger partial charge in [-0.05, 0) is 37.3 Å². The second kappa shape index (κ2) is 4.87. The zero-order valence-corrected chi connectivity index (χ0v) is 11.6. The van der Waals surface area contributed by atoms with Crippen molar-refractivity contribution < 1.29 is 4.79 Å². The van der Waals surface area contributed by atoms with Gasteiger partial charge in [0.15, 0.2) is 0 Å². The van der Waals surface area contributed by atoms with Crippen molar-refractivity contribution in [3.8, 4) is 0 Å². The number of nitrogens with zero attached hydrogens (tertiary/aromatic N) is 1. The fourth-order valence-electron chi connectivity index (χ4n) is 2.54. The highest BCUT2D eigenvalue weighted by atomic mass is 16.2. The third kappa shape index (κ3) is 2.39. The van der Waals surface area contributed by atoms with Crippen LogP contribution < -0.4 is 11.1 Å². The van der Waals surface area contributed by atoms with Crippen LogP contribution in [0.25, 0.3) is 10.9 Å². The normalized spacial score (nSPS) is 17.7. The Bertz CT molecular complexity index is 642. The van der Waals surface area contributed by atoms with Crippen LogP contribution in [0.2, 0.25) is 0 Å². The highest BCUT2D eigenvalue weighted by Crippen LogP contribution is 2.38. The fourth-order valence-corrected chi connectivity index (χ4v) is 2.54. The number of nitrogens with one attached hydrogen (secondary N) is 1. The lowest BCUT2D eigenvalue weighted by atomic mass is 9.96. The number of carbonyl (C=O) groups excluding carboxylic acids is 1. The van der Waals surface area contributed by atoms with E-state index in [-0.39, 0.29) is 5.91 Å². The smallest absolute Gasteiger partial charge is 0.240 e. The Morgan fingerprint density at radius 1 is 1.40 bits per heavy atom. The van der Waals surface area contributed by atoms with Crippen molar-refractivity contribution in [3.63, 3.8) is 0 Å². The van der Waals surface area contributed by atoms with Crippen LogP contribution in [0.1, 0.15) is 25.3 Å². The highest BCUT2D eigenvalue weighted by molar-refractivity contribution is 5.87. The lowest BCUT2D eigenvalue weighted by Gasteiger charge is -2.23. The van der Waals surface area contributed by atoms with Crippen LogP contribution >= 0.6 is 0 Å². The number of rotatable bonds is 4. The Hall–Kier alpha value is -1.94. The average molecular weight is 269 g/mol. The molecular formula is C16H19N3O. The standard InChI is InChI=1S/C16H19N3O/c1-16(17,13-7-8-13)15(20)19-10-12-5-2-4-11-6-3-9-18-14(11)12/h2-6,9,13H,7-8,10,17H2,1H3,(H,19,20). The Balaban J connectivity index is 1.75. The van der Waals surface area contributed by atoms with E-state index in [9.17, 15) is 4.79 Å². The molecule has 1 fully saturated rings. The summed E-state index contributed by atoms with van der Waals surface area (Å²) in [5.41, 5.74) is 7.31. The van der Waals surface area contributed by atoms with Gasteiger partial charge in [-0.2, -0.15) is 0 Å². The molecule has 1 saturated carbocycles. The van der Waals surface area contributed by atoms with Crippen LogP contribution in [0.15, 0.2) is 36.5 Å². The van der Waals surface area contributed by atoms with E-state index in [0.717, 1.165) is 29.3 Å². The van der Waals surface area contributed by atoms with Gasteiger partial charge in [-0.1, -0.05) is 24.3 Å². The molecule has 0 spiro atoms. The van der Waals surface area contributed by atoms with Crippen LogP contribution in [-0.4, -0.2) is 16.4 Å². The van der Waals surface area contributed by atoms with Crippen molar-refractivity contribution in [2.75, 3.05) is 0 Å². The van der Waals surface area contributed by atoms with Crippen LogP contribution in [0.3, 0.4) is 0 Å². The Morgan fingerprint density at radius 3 is 2.90 bits per heavy atom. The van der Waals surface area contributed by atoms with Gasteiger partial charge in [0, 0.05) is 18.1 Å². The van der Waals surface area contributed by atoms with Crippen molar-refractivity contribution in [2.24, 2.45) is 11.7 Å². The maximum absolute atomic E-state index is 12.2. The summed E-state index contributed by atoms with van der Waals surface area (Å²) in [6.45, 7) is 2.29. The second-order valence-corrected chi connectivity index (χ2v) is 5.73. The molecule has 2 aromatic rings. The molecule has 0 aliphatic heterocycles. The number of pyridine rings is 1. The lowest BCUT2D eigenvalue weighted by Crippen LogP contribution is -2.53. The predicted molar refractivity (Wildman–Crippen MR) is 78.9 cm³/mol. The van der Waals surface area contributed by atoms with Crippen LogP contribution in [0.5, 0.6) is 0 Å². The van der Waals surface area contributed by atoms with Crippen LogP contribution in [0.4, 0.5) is 0 Å². The first kappa shape index (κ1) is 13.1. The van der Waals surface area contributed by atoms with Gasteiger partial charge in [0.1, 0.15) is 0 Å². The number of benzene rings is 1. The van der Waals surface area contributed by atoms with Gasteiger partial charge in [0.05, 0.1) is 11.1 Å². The number of hydrogen-bond acceptors (Lipinski definition) is 3.